The molecule has 0 bridgehead atoms. The molecule has 0 unspecified atom stereocenters. The molecule has 0 saturated carbocycles. The Morgan fingerprint density at radius 2 is 1.93 bits per heavy atom. The van der Waals surface area contributed by atoms with Gasteiger partial charge in [-0.2, -0.15) is 0 Å². The Labute approximate surface area is 85.7 Å². The van der Waals surface area contributed by atoms with Gasteiger partial charge in [0, 0.05) is 10.6 Å². The van der Waals surface area contributed by atoms with Crippen molar-refractivity contribution in [2.75, 3.05) is 0 Å². The molecule has 0 radical (unpaired) electrons. The van der Waals surface area contributed by atoms with Crippen LogP contribution in [0.1, 0.15) is 5.89 Å². The Morgan fingerprint density at radius 3 is 2.50 bits per heavy atom. The lowest BCUT2D eigenvalue weighted by Crippen LogP contribution is -1.95. The van der Waals surface area contributed by atoms with E-state index in [2.05, 4.69) is 10.2 Å². The maximum absolute atomic E-state index is 5.74. The molecule has 0 fully saturated rings. The summed E-state index contributed by atoms with van der Waals surface area (Å²) >= 11 is 5.74. The van der Waals surface area contributed by atoms with Crippen molar-refractivity contribution in [1.82, 2.24) is 10.2 Å². The predicted molar refractivity (Wildman–Crippen MR) is 52.6 cm³/mol. The third-order valence-corrected chi connectivity index (χ3v) is 1.98. The second kappa shape index (κ2) is 3.77. The van der Waals surface area contributed by atoms with Crippen molar-refractivity contribution in [1.29, 1.82) is 0 Å². The molecular formula is C9H8ClN3O. The van der Waals surface area contributed by atoms with Crippen molar-refractivity contribution in [3.63, 3.8) is 0 Å². The summed E-state index contributed by atoms with van der Waals surface area (Å²) < 4.78 is 5.27. The second-order valence-electron chi connectivity index (χ2n) is 2.71. The first-order valence-corrected chi connectivity index (χ1v) is 4.46. The number of rotatable bonds is 2. The Kier molecular flexibility index (Phi) is 2.47. The molecule has 1 aromatic carbocycles. The van der Waals surface area contributed by atoms with E-state index >= 15 is 0 Å². The highest BCUT2D eigenvalue weighted by Crippen LogP contribution is 2.19. The number of hydrogen-bond acceptors (Lipinski definition) is 4. The minimum absolute atomic E-state index is 0.251. The van der Waals surface area contributed by atoms with Gasteiger partial charge in [0.15, 0.2) is 0 Å². The molecule has 2 rings (SSSR count). The number of hydrogen-bond donors (Lipinski definition) is 1. The monoisotopic (exact) mass is 209 g/mol. The third-order valence-electron chi connectivity index (χ3n) is 1.73. The van der Waals surface area contributed by atoms with Crippen LogP contribution in [-0.2, 0) is 6.54 Å². The van der Waals surface area contributed by atoms with Crippen LogP contribution >= 0.6 is 11.6 Å². The topological polar surface area (TPSA) is 64.9 Å². The van der Waals surface area contributed by atoms with Gasteiger partial charge < -0.3 is 10.2 Å². The third kappa shape index (κ3) is 1.76. The standard InChI is InChI=1S/C9H8ClN3O/c10-7-3-1-6(2-4-7)9-13-12-8(5-11)14-9/h1-4H,5,11H2. The molecule has 0 atom stereocenters. The van der Waals surface area contributed by atoms with E-state index in [1.807, 2.05) is 12.1 Å². The Hall–Kier alpha value is -1.39. The van der Waals surface area contributed by atoms with Gasteiger partial charge in [-0.1, -0.05) is 11.6 Å². The van der Waals surface area contributed by atoms with Gasteiger partial charge in [0.25, 0.3) is 0 Å². The molecule has 2 N–H and O–H groups in total. The Bertz CT molecular complexity index is 424. The smallest absolute Gasteiger partial charge is 0.247 e. The van der Waals surface area contributed by atoms with Gasteiger partial charge in [0.2, 0.25) is 11.8 Å². The summed E-state index contributed by atoms with van der Waals surface area (Å²) in [6, 6.07) is 7.17. The Balaban J connectivity index is 2.34. The zero-order valence-corrected chi connectivity index (χ0v) is 8.03. The van der Waals surface area contributed by atoms with Crippen LogP contribution in [0.4, 0.5) is 0 Å². The normalized spacial score (nSPS) is 10.4. The van der Waals surface area contributed by atoms with Crippen molar-refractivity contribution in [3.8, 4) is 11.5 Å². The van der Waals surface area contributed by atoms with Crippen molar-refractivity contribution >= 4 is 11.6 Å². The van der Waals surface area contributed by atoms with Gasteiger partial charge in [0.1, 0.15) is 0 Å². The van der Waals surface area contributed by atoms with Crippen LogP contribution in [0, 0.1) is 0 Å². The summed E-state index contributed by atoms with van der Waals surface area (Å²) in [5, 5.41) is 8.28. The van der Waals surface area contributed by atoms with Gasteiger partial charge in [-0.25, -0.2) is 0 Å². The highest BCUT2D eigenvalue weighted by atomic mass is 35.5. The lowest BCUT2D eigenvalue weighted by molar-refractivity contribution is 0.508. The average molecular weight is 210 g/mol. The number of aromatic nitrogens is 2. The zero-order valence-electron chi connectivity index (χ0n) is 7.27. The van der Waals surface area contributed by atoms with E-state index in [0.717, 1.165) is 5.56 Å². The zero-order chi connectivity index (χ0) is 9.97. The minimum atomic E-state index is 0.251. The van der Waals surface area contributed by atoms with E-state index in [4.69, 9.17) is 21.8 Å². The molecule has 0 aliphatic carbocycles. The SMILES string of the molecule is NCc1nnc(-c2ccc(Cl)cc2)o1. The van der Waals surface area contributed by atoms with Crippen molar-refractivity contribution < 1.29 is 4.42 Å². The fourth-order valence-corrected chi connectivity index (χ4v) is 1.17. The van der Waals surface area contributed by atoms with Gasteiger partial charge in [-0.05, 0) is 24.3 Å². The molecule has 0 amide bonds. The van der Waals surface area contributed by atoms with Crippen LogP contribution in [-0.4, -0.2) is 10.2 Å². The van der Waals surface area contributed by atoms with E-state index < -0.39 is 0 Å². The molecule has 5 heteroatoms. The number of benzene rings is 1. The highest BCUT2D eigenvalue weighted by molar-refractivity contribution is 6.30. The average Bonchev–Trinajstić information content (AvgIpc) is 2.67. The molecular weight excluding hydrogens is 202 g/mol. The first kappa shape index (κ1) is 9.18. The predicted octanol–water partition coefficient (Wildman–Crippen LogP) is 1.85. The van der Waals surface area contributed by atoms with E-state index in [-0.39, 0.29) is 6.54 Å². The van der Waals surface area contributed by atoms with Gasteiger partial charge >= 0.3 is 0 Å². The molecule has 0 aliphatic rings. The minimum Gasteiger partial charge on any atom is -0.419 e. The molecule has 14 heavy (non-hydrogen) atoms. The fraction of sp³-hybridized carbons (Fsp3) is 0.111. The number of halogens is 1. The molecule has 72 valence electrons. The van der Waals surface area contributed by atoms with Crippen LogP contribution < -0.4 is 5.73 Å². The fourth-order valence-electron chi connectivity index (χ4n) is 1.05. The first-order valence-electron chi connectivity index (χ1n) is 4.08. The second-order valence-corrected chi connectivity index (χ2v) is 3.15. The van der Waals surface area contributed by atoms with E-state index in [1.165, 1.54) is 0 Å². The van der Waals surface area contributed by atoms with E-state index in [9.17, 15) is 0 Å². The highest BCUT2D eigenvalue weighted by Gasteiger charge is 2.06. The lowest BCUT2D eigenvalue weighted by Gasteiger charge is -1.93. The number of nitrogens with zero attached hydrogens (tertiary/aromatic N) is 2. The number of nitrogens with two attached hydrogens (primary N) is 1. The maximum atomic E-state index is 5.74. The van der Waals surface area contributed by atoms with Crippen LogP contribution in [0.3, 0.4) is 0 Å². The first-order chi connectivity index (χ1) is 6.79. The van der Waals surface area contributed by atoms with Gasteiger partial charge in [-0.15, -0.1) is 10.2 Å². The van der Waals surface area contributed by atoms with Gasteiger partial charge in [0.05, 0.1) is 6.54 Å². The molecule has 1 heterocycles. The summed E-state index contributed by atoms with van der Waals surface area (Å²) in [5.74, 6) is 0.886. The van der Waals surface area contributed by atoms with Crippen molar-refractivity contribution in [2.24, 2.45) is 5.73 Å². The molecule has 4 nitrogen and oxygen atoms in total. The van der Waals surface area contributed by atoms with Gasteiger partial charge in [-0.3, -0.25) is 0 Å². The maximum Gasteiger partial charge on any atom is 0.247 e. The molecule has 1 aromatic heterocycles. The summed E-state index contributed by atoms with van der Waals surface area (Å²) in [6.45, 7) is 0.251. The van der Waals surface area contributed by atoms with Crippen LogP contribution in [0.15, 0.2) is 28.7 Å². The summed E-state index contributed by atoms with van der Waals surface area (Å²) in [4.78, 5) is 0. The van der Waals surface area contributed by atoms with Crippen LogP contribution in [0.2, 0.25) is 5.02 Å². The van der Waals surface area contributed by atoms with E-state index in [0.29, 0.717) is 16.8 Å². The largest absolute Gasteiger partial charge is 0.419 e. The summed E-state index contributed by atoms with van der Waals surface area (Å²) in [5.41, 5.74) is 6.18. The van der Waals surface area contributed by atoms with Crippen molar-refractivity contribution in [3.05, 3.63) is 35.2 Å². The lowest BCUT2D eigenvalue weighted by atomic mass is 10.2. The molecule has 0 aliphatic heterocycles. The van der Waals surface area contributed by atoms with Crippen LogP contribution in [0.25, 0.3) is 11.5 Å². The quantitative estimate of drug-likeness (QED) is 0.820. The Morgan fingerprint density at radius 1 is 1.21 bits per heavy atom. The summed E-state index contributed by atoms with van der Waals surface area (Å²) in [6.07, 6.45) is 0. The molecule has 2 aromatic rings. The molecule has 0 saturated heterocycles. The van der Waals surface area contributed by atoms with Crippen LogP contribution in [0.5, 0.6) is 0 Å². The van der Waals surface area contributed by atoms with E-state index in [1.54, 1.807) is 12.1 Å². The summed E-state index contributed by atoms with van der Waals surface area (Å²) in [7, 11) is 0. The molecule has 0 spiro atoms. The van der Waals surface area contributed by atoms with Crippen molar-refractivity contribution in [2.45, 2.75) is 6.54 Å².